The van der Waals surface area contributed by atoms with E-state index in [0.29, 0.717) is 6.04 Å². The third-order valence-corrected chi connectivity index (χ3v) is 3.24. The van der Waals surface area contributed by atoms with E-state index in [-0.39, 0.29) is 0 Å². The SMILES string of the molecule is C#CCCCNC1CCNCc2ccccc21. The van der Waals surface area contributed by atoms with Crippen LogP contribution in [0.5, 0.6) is 0 Å². The lowest BCUT2D eigenvalue weighted by Gasteiger charge is -2.18. The molecule has 1 aromatic rings. The summed E-state index contributed by atoms with van der Waals surface area (Å²) in [6.45, 7) is 3.06. The Bertz CT molecular complexity index is 392. The molecule has 0 amide bonds. The monoisotopic (exact) mass is 228 g/mol. The van der Waals surface area contributed by atoms with Gasteiger partial charge in [0.25, 0.3) is 0 Å². The first kappa shape index (κ1) is 12.2. The van der Waals surface area contributed by atoms with E-state index in [0.717, 1.165) is 38.9 Å². The molecule has 1 atom stereocenters. The van der Waals surface area contributed by atoms with E-state index in [1.54, 1.807) is 0 Å². The van der Waals surface area contributed by atoms with Crippen molar-refractivity contribution in [1.29, 1.82) is 0 Å². The summed E-state index contributed by atoms with van der Waals surface area (Å²) in [4.78, 5) is 0. The second-order valence-electron chi connectivity index (χ2n) is 4.48. The molecule has 0 bridgehead atoms. The third kappa shape index (κ3) is 3.33. The minimum atomic E-state index is 0.471. The van der Waals surface area contributed by atoms with Gasteiger partial charge in [0.2, 0.25) is 0 Å². The normalized spacial score (nSPS) is 19.1. The molecule has 2 nitrogen and oxygen atoms in total. The molecule has 0 saturated heterocycles. The van der Waals surface area contributed by atoms with Gasteiger partial charge < -0.3 is 10.6 Å². The average Bonchev–Trinajstić information content (AvgIpc) is 2.57. The van der Waals surface area contributed by atoms with Crippen LogP contribution in [0.25, 0.3) is 0 Å². The Kier molecular flexibility index (Phi) is 4.61. The first-order valence-electron chi connectivity index (χ1n) is 6.37. The lowest BCUT2D eigenvalue weighted by Crippen LogP contribution is -2.24. The van der Waals surface area contributed by atoms with Crippen LogP contribution in [0.2, 0.25) is 0 Å². The van der Waals surface area contributed by atoms with Gasteiger partial charge >= 0.3 is 0 Å². The van der Waals surface area contributed by atoms with E-state index < -0.39 is 0 Å². The van der Waals surface area contributed by atoms with Crippen molar-refractivity contribution in [1.82, 2.24) is 10.6 Å². The number of benzene rings is 1. The van der Waals surface area contributed by atoms with Crippen LogP contribution >= 0.6 is 0 Å². The molecule has 0 fully saturated rings. The lowest BCUT2D eigenvalue weighted by atomic mass is 9.99. The number of hydrogen-bond donors (Lipinski definition) is 2. The summed E-state index contributed by atoms with van der Waals surface area (Å²) in [7, 11) is 0. The highest BCUT2D eigenvalue weighted by Gasteiger charge is 2.16. The number of terminal acetylenes is 1. The van der Waals surface area contributed by atoms with Gasteiger partial charge in [0.15, 0.2) is 0 Å². The Morgan fingerprint density at radius 2 is 2.29 bits per heavy atom. The number of rotatable bonds is 4. The van der Waals surface area contributed by atoms with Crippen LogP contribution in [0.1, 0.15) is 36.4 Å². The Hall–Kier alpha value is -1.30. The van der Waals surface area contributed by atoms with Crippen LogP contribution in [-0.4, -0.2) is 13.1 Å². The van der Waals surface area contributed by atoms with E-state index in [1.807, 2.05) is 0 Å². The molecule has 0 radical (unpaired) electrons. The molecule has 0 spiro atoms. The fraction of sp³-hybridized carbons (Fsp3) is 0.467. The minimum absolute atomic E-state index is 0.471. The average molecular weight is 228 g/mol. The van der Waals surface area contributed by atoms with Crippen molar-refractivity contribution >= 4 is 0 Å². The van der Waals surface area contributed by atoms with Gasteiger partial charge in [-0.3, -0.25) is 0 Å². The maximum atomic E-state index is 5.26. The molecule has 17 heavy (non-hydrogen) atoms. The fourth-order valence-corrected chi connectivity index (χ4v) is 2.34. The summed E-state index contributed by atoms with van der Waals surface area (Å²) < 4.78 is 0. The highest BCUT2D eigenvalue weighted by Crippen LogP contribution is 2.23. The van der Waals surface area contributed by atoms with Crippen molar-refractivity contribution in [3.8, 4) is 12.3 Å². The van der Waals surface area contributed by atoms with Crippen LogP contribution in [0.15, 0.2) is 24.3 Å². The predicted molar refractivity (Wildman–Crippen MR) is 71.6 cm³/mol. The van der Waals surface area contributed by atoms with Crippen LogP contribution < -0.4 is 10.6 Å². The maximum Gasteiger partial charge on any atom is 0.0335 e. The molecule has 90 valence electrons. The van der Waals surface area contributed by atoms with E-state index in [9.17, 15) is 0 Å². The maximum absolute atomic E-state index is 5.26. The zero-order valence-electron chi connectivity index (χ0n) is 10.2. The Morgan fingerprint density at radius 1 is 1.41 bits per heavy atom. The first-order valence-corrected chi connectivity index (χ1v) is 6.37. The number of nitrogens with one attached hydrogen (secondary N) is 2. The number of hydrogen-bond acceptors (Lipinski definition) is 2. The van der Waals surface area contributed by atoms with Crippen LogP contribution in [0, 0.1) is 12.3 Å². The molecule has 2 rings (SSSR count). The molecule has 1 aromatic carbocycles. The Morgan fingerprint density at radius 3 is 3.18 bits per heavy atom. The molecule has 1 aliphatic heterocycles. The van der Waals surface area contributed by atoms with Gasteiger partial charge in [-0.1, -0.05) is 24.3 Å². The van der Waals surface area contributed by atoms with Crippen LogP contribution in [0.3, 0.4) is 0 Å². The first-order chi connectivity index (χ1) is 8.42. The molecule has 2 N–H and O–H groups in total. The van der Waals surface area contributed by atoms with Gasteiger partial charge in [-0.15, -0.1) is 12.3 Å². The third-order valence-electron chi connectivity index (χ3n) is 3.24. The zero-order valence-corrected chi connectivity index (χ0v) is 10.2. The topological polar surface area (TPSA) is 24.1 Å². The molecule has 0 saturated carbocycles. The van der Waals surface area contributed by atoms with Crippen molar-refractivity contribution in [3.05, 3.63) is 35.4 Å². The number of fused-ring (bicyclic) bond motifs is 1. The van der Waals surface area contributed by atoms with Gasteiger partial charge in [0, 0.05) is 19.0 Å². The highest BCUT2D eigenvalue weighted by molar-refractivity contribution is 5.30. The van der Waals surface area contributed by atoms with Gasteiger partial charge in [0.1, 0.15) is 0 Å². The predicted octanol–water partition coefficient (Wildman–Crippen LogP) is 2.22. The minimum Gasteiger partial charge on any atom is -0.313 e. The van der Waals surface area contributed by atoms with E-state index in [1.165, 1.54) is 11.1 Å². The quantitative estimate of drug-likeness (QED) is 0.610. The van der Waals surface area contributed by atoms with Gasteiger partial charge in [-0.2, -0.15) is 0 Å². The largest absolute Gasteiger partial charge is 0.313 e. The van der Waals surface area contributed by atoms with Crippen molar-refractivity contribution in [2.24, 2.45) is 0 Å². The summed E-state index contributed by atoms with van der Waals surface area (Å²) in [5.74, 6) is 2.68. The smallest absolute Gasteiger partial charge is 0.0335 e. The molecule has 2 heteroatoms. The zero-order chi connectivity index (χ0) is 11.9. The Labute approximate surface area is 104 Å². The lowest BCUT2D eigenvalue weighted by molar-refractivity contribution is 0.492. The van der Waals surface area contributed by atoms with Crippen molar-refractivity contribution in [2.45, 2.75) is 31.8 Å². The summed E-state index contributed by atoms with van der Waals surface area (Å²) >= 11 is 0. The summed E-state index contributed by atoms with van der Waals surface area (Å²) in [6, 6.07) is 9.16. The van der Waals surface area contributed by atoms with Crippen molar-refractivity contribution < 1.29 is 0 Å². The molecular formula is C15H20N2. The van der Waals surface area contributed by atoms with Crippen molar-refractivity contribution in [3.63, 3.8) is 0 Å². The number of unbranched alkanes of at least 4 members (excludes halogenated alkanes) is 1. The summed E-state index contributed by atoms with van der Waals surface area (Å²) in [5.41, 5.74) is 2.86. The highest BCUT2D eigenvalue weighted by atomic mass is 14.9. The standard InChI is InChI=1S/C15H20N2/c1-2-3-6-10-17-15-9-11-16-12-13-7-4-5-8-14(13)15/h1,4-5,7-8,15-17H,3,6,9-12H2. The van der Waals surface area contributed by atoms with Crippen LogP contribution in [-0.2, 0) is 6.54 Å². The summed E-state index contributed by atoms with van der Waals surface area (Å²) in [6.07, 6.45) is 8.33. The molecular weight excluding hydrogens is 208 g/mol. The summed E-state index contributed by atoms with van der Waals surface area (Å²) in [5, 5.41) is 7.08. The molecule has 1 heterocycles. The second kappa shape index (κ2) is 6.44. The van der Waals surface area contributed by atoms with Crippen molar-refractivity contribution in [2.75, 3.05) is 13.1 Å². The molecule has 1 unspecified atom stereocenters. The van der Waals surface area contributed by atoms with Crippen LogP contribution in [0.4, 0.5) is 0 Å². The van der Waals surface area contributed by atoms with E-state index in [2.05, 4.69) is 40.8 Å². The second-order valence-corrected chi connectivity index (χ2v) is 4.48. The Balaban J connectivity index is 1.99. The van der Waals surface area contributed by atoms with E-state index in [4.69, 9.17) is 6.42 Å². The van der Waals surface area contributed by atoms with Gasteiger partial charge in [-0.25, -0.2) is 0 Å². The van der Waals surface area contributed by atoms with E-state index >= 15 is 0 Å². The molecule has 0 aromatic heterocycles. The molecule has 0 aliphatic carbocycles. The van der Waals surface area contributed by atoms with Gasteiger partial charge in [-0.05, 0) is 37.1 Å². The van der Waals surface area contributed by atoms with Gasteiger partial charge in [0.05, 0.1) is 0 Å². The molecule has 1 aliphatic rings. The fourth-order valence-electron chi connectivity index (χ4n) is 2.34.